The van der Waals surface area contributed by atoms with Crippen LogP contribution in [0.1, 0.15) is 33.1 Å². The summed E-state index contributed by atoms with van der Waals surface area (Å²) in [6.07, 6.45) is 4.44. The smallest absolute Gasteiger partial charge is 0.306 e. The van der Waals surface area contributed by atoms with Crippen LogP contribution in [0.15, 0.2) is 0 Å². The normalized spacial score (nSPS) is 9.20. The standard InChI is InChI=1S/C6H9O3.C3H5O.2Y/c1-5(6(8)9)3-2-4-7;1-2-3-4;;/h5H,2-3H2,1H3,(H,8,9);2H2,1H3;;/q2*-1;;. The molecule has 0 bridgehead atoms. The molecule has 2 radical (unpaired) electrons. The fourth-order valence-corrected chi connectivity index (χ4v) is 0.399. The zero-order chi connectivity index (χ0) is 10.7. The third-order valence-electron chi connectivity index (χ3n) is 1.25. The van der Waals surface area contributed by atoms with Crippen molar-refractivity contribution in [2.24, 2.45) is 5.92 Å². The first kappa shape index (κ1) is 25.0. The second-order valence-corrected chi connectivity index (χ2v) is 2.42. The molecule has 0 saturated carbocycles. The Labute approximate surface area is 141 Å². The van der Waals surface area contributed by atoms with Gasteiger partial charge in [-0.05, 0) is 0 Å². The minimum absolute atomic E-state index is 0. The Balaban J connectivity index is -0.0000000883. The van der Waals surface area contributed by atoms with Gasteiger partial charge in [-0.2, -0.15) is 12.8 Å². The van der Waals surface area contributed by atoms with Crippen LogP contribution in [-0.2, 0) is 79.8 Å². The second kappa shape index (κ2) is 20.4. The van der Waals surface area contributed by atoms with E-state index in [0.29, 0.717) is 12.8 Å². The van der Waals surface area contributed by atoms with Crippen molar-refractivity contribution in [2.75, 3.05) is 0 Å². The van der Waals surface area contributed by atoms with Gasteiger partial charge in [0.05, 0.1) is 5.92 Å². The van der Waals surface area contributed by atoms with Crippen molar-refractivity contribution in [3.63, 3.8) is 0 Å². The van der Waals surface area contributed by atoms with Gasteiger partial charge in [-0.1, -0.05) is 20.3 Å². The van der Waals surface area contributed by atoms with Gasteiger partial charge in [-0.15, -0.1) is 0 Å². The first-order chi connectivity index (χ1) is 6.09. The van der Waals surface area contributed by atoms with Crippen LogP contribution in [0, 0.1) is 5.92 Å². The summed E-state index contributed by atoms with van der Waals surface area (Å²) in [5, 5.41) is 8.28. The molecule has 0 amide bonds. The van der Waals surface area contributed by atoms with E-state index in [-0.39, 0.29) is 71.8 Å². The van der Waals surface area contributed by atoms with Gasteiger partial charge in [0.1, 0.15) is 0 Å². The van der Waals surface area contributed by atoms with Crippen LogP contribution < -0.4 is 0 Å². The molecule has 0 aliphatic rings. The molecule has 6 heteroatoms. The number of hydrogen-bond donors (Lipinski definition) is 1. The molecule has 82 valence electrons. The summed E-state index contributed by atoms with van der Waals surface area (Å²) in [6, 6.07) is 0. The maximum absolute atomic E-state index is 10.1. The molecule has 0 aromatic rings. The van der Waals surface area contributed by atoms with Crippen LogP contribution in [0.25, 0.3) is 0 Å². The Morgan fingerprint density at radius 2 is 1.67 bits per heavy atom. The van der Waals surface area contributed by atoms with Crippen LogP contribution in [0.4, 0.5) is 0 Å². The maximum atomic E-state index is 10.1. The average Bonchev–Trinajstić information content (AvgIpc) is 2.14. The number of carbonyl (C=O) groups excluding carboxylic acids is 2. The monoisotopic (exact) mass is 364 g/mol. The van der Waals surface area contributed by atoms with Gasteiger partial charge >= 0.3 is 5.97 Å². The van der Waals surface area contributed by atoms with Crippen LogP contribution in [0.3, 0.4) is 0 Å². The molecule has 1 N–H and O–H groups in total. The van der Waals surface area contributed by atoms with Crippen molar-refractivity contribution in [1.82, 2.24) is 0 Å². The topological polar surface area (TPSA) is 71.4 Å². The molecule has 0 saturated heterocycles. The van der Waals surface area contributed by atoms with Crippen molar-refractivity contribution in [3.05, 3.63) is 0 Å². The fraction of sp³-hybridized carbons (Fsp3) is 0.667. The van der Waals surface area contributed by atoms with E-state index in [1.165, 1.54) is 0 Å². The van der Waals surface area contributed by atoms with Crippen LogP contribution in [0.5, 0.6) is 0 Å². The summed E-state index contributed by atoms with van der Waals surface area (Å²) in [4.78, 5) is 28.7. The first-order valence-corrected chi connectivity index (χ1v) is 4.02. The summed E-state index contributed by atoms with van der Waals surface area (Å²) in [5.41, 5.74) is 0. The van der Waals surface area contributed by atoms with E-state index in [9.17, 15) is 9.59 Å². The summed E-state index contributed by atoms with van der Waals surface area (Å²) in [5.74, 6) is -1.28. The molecule has 0 aliphatic carbocycles. The molecule has 0 fully saturated rings. The van der Waals surface area contributed by atoms with Gasteiger partial charge in [0.2, 0.25) is 0 Å². The second-order valence-electron chi connectivity index (χ2n) is 2.42. The minimum Gasteiger partial charge on any atom is -0.542 e. The van der Waals surface area contributed by atoms with Crippen LogP contribution >= 0.6 is 0 Å². The van der Waals surface area contributed by atoms with Gasteiger partial charge in [-0.3, -0.25) is 17.4 Å². The first-order valence-electron chi connectivity index (χ1n) is 4.02. The van der Waals surface area contributed by atoms with Gasteiger partial charge < -0.3 is 14.7 Å². The number of rotatable bonds is 5. The van der Waals surface area contributed by atoms with E-state index in [1.807, 2.05) is 0 Å². The molecule has 0 heterocycles. The Hall–Kier alpha value is 1.02. The molecule has 0 aliphatic heterocycles. The molecule has 0 aromatic carbocycles. The summed E-state index contributed by atoms with van der Waals surface area (Å²) in [6.45, 7) is 3.33. The third kappa shape index (κ3) is 25.4. The minimum atomic E-state index is -0.856. The molecular formula is C9H14O4Y2-2. The predicted octanol–water partition coefficient (Wildman–Crippen LogP) is 1.10. The molecule has 4 nitrogen and oxygen atoms in total. The number of aliphatic carboxylic acids is 1. The Morgan fingerprint density at radius 3 is 1.87 bits per heavy atom. The van der Waals surface area contributed by atoms with Crippen LogP contribution in [-0.4, -0.2) is 23.6 Å². The van der Waals surface area contributed by atoms with E-state index in [1.54, 1.807) is 26.4 Å². The molecule has 1 atom stereocenters. The molecular weight excluding hydrogens is 350 g/mol. The summed E-state index contributed by atoms with van der Waals surface area (Å²) >= 11 is 0. The van der Waals surface area contributed by atoms with Crippen molar-refractivity contribution < 1.29 is 84.9 Å². The van der Waals surface area contributed by atoms with Crippen molar-refractivity contribution >= 4 is 18.5 Å². The van der Waals surface area contributed by atoms with Gasteiger partial charge in [0.15, 0.2) is 0 Å². The van der Waals surface area contributed by atoms with E-state index >= 15 is 0 Å². The van der Waals surface area contributed by atoms with Gasteiger partial charge in [0, 0.05) is 65.4 Å². The van der Waals surface area contributed by atoms with E-state index in [4.69, 9.17) is 9.90 Å². The van der Waals surface area contributed by atoms with E-state index in [0.717, 1.165) is 0 Å². The molecule has 0 spiro atoms. The molecule has 15 heavy (non-hydrogen) atoms. The predicted molar refractivity (Wildman–Crippen MR) is 47.7 cm³/mol. The SMILES string of the molecule is CC(CC[C-]=O)C(=O)O.CC[C-]=O.[Y].[Y]. The maximum Gasteiger partial charge on any atom is 0.306 e. The zero-order valence-corrected chi connectivity index (χ0v) is 14.7. The summed E-state index contributed by atoms with van der Waals surface area (Å²) in [7, 11) is 0. The van der Waals surface area contributed by atoms with Crippen molar-refractivity contribution in [3.8, 4) is 0 Å². The Morgan fingerprint density at radius 1 is 1.27 bits per heavy atom. The average molecular weight is 364 g/mol. The molecule has 0 rings (SSSR count). The van der Waals surface area contributed by atoms with Gasteiger partial charge in [0.25, 0.3) is 0 Å². The van der Waals surface area contributed by atoms with E-state index in [2.05, 4.69) is 0 Å². The third-order valence-corrected chi connectivity index (χ3v) is 1.25. The van der Waals surface area contributed by atoms with E-state index < -0.39 is 11.9 Å². The van der Waals surface area contributed by atoms with Crippen molar-refractivity contribution in [1.29, 1.82) is 0 Å². The van der Waals surface area contributed by atoms with Crippen molar-refractivity contribution in [2.45, 2.75) is 33.1 Å². The molecule has 0 aromatic heterocycles. The Kier molecular flexibility index (Phi) is 34.1. The van der Waals surface area contributed by atoms with Gasteiger partial charge in [-0.25, -0.2) is 0 Å². The largest absolute Gasteiger partial charge is 0.542 e. The Bertz CT molecular complexity index is 162. The number of hydrogen-bond acceptors (Lipinski definition) is 3. The quantitative estimate of drug-likeness (QED) is 0.742. The zero-order valence-electron chi connectivity index (χ0n) is 9.03. The number of carboxylic acids is 1. The molecule has 1 unspecified atom stereocenters. The number of carbonyl (C=O) groups is 1. The van der Waals surface area contributed by atoms with Crippen LogP contribution in [0.2, 0.25) is 0 Å². The fourth-order valence-electron chi connectivity index (χ4n) is 0.399. The summed E-state index contributed by atoms with van der Waals surface area (Å²) < 4.78 is 0. The number of carboxylic acid groups (broad SMARTS) is 1.